The summed E-state index contributed by atoms with van der Waals surface area (Å²) in [4.78, 5) is 21.4. The molecule has 1 aromatic rings. The number of anilines is 2. The van der Waals surface area contributed by atoms with Crippen LogP contribution in [0.2, 0.25) is 0 Å². The number of piperazine rings is 1. The molecule has 1 fully saturated rings. The zero-order valence-corrected chi connectivity index (χ0v) is 13.9. The van der Waals surface area contributed by atoms with Gasteiger partial charge in [-0.3, -0.25) is 4.79 Å². The number of carbonyl (C=O) groups excluding carboxylic acids is 1. The molecule has 0 saturated carbocycles. The minimum absolute atomic E-state index is 0.0216. The lowest BCUT2D eigenvalue weighted by Gasteiger charge is -2.26. The Morgan fingerprint density at radius 2 is 2.19 bits per heavy atom. The van der Waals surface area contributed by atoms with Gasteiger partial charge in [0.25, 0.3) is 5.91 Å². The molecular formula is C14H25N5OS. The number of hydrogen-bond donors (Lipinski definition) is 2. The molecule has 1 aliphatic rings. The van der Waals surface area contributed by atoms with E-state index in [0.717, 1.165) is 44.3 Å². The van der Waals surface area contributed by atoms with Crippen LogP contribution in [0.4, 0.5) is 10.9 Å². The fourth-order valence-corrected chi connectivity index (χ4v) is 3.35. The van der Waals surface area contributed by atoms with Crippen LogP contribution in [-0.4, -0.2) is 55.6 Å². The van der Waals surface area contributed by atoms with Gasteiger partial charge in [0, 0.05) is 39.8 Å². The number of amides is 1. The molecule has 21 heavy (non-hydrogen) atoms. The van der Waals surface area contributed by atoms with E-state index < -0.39 is 0 Å². The molecule has 7 heteroatoms. The van der Waals surface area contributed by atoms with Crippen molar-refractivity contribution in [3.8, 4) is 0 Å². The summed E-state index contributed by atoms with van der Waals surface area (Å²) in [5.41, 5.74) is 5.96. The van der Waals surface area contributed by atoms with Gasteiger partial charge in [-0.15, -0.1) is 0 Å². The molecule has 1 amide bonds. The standard InChI is InChI=1S/C14H25N5OS/c1-4-10(2)9-18(3)13(20)11-12(15)17-14(21-11)19-7-5-16-6-8-19/h10,16H,4-9,15H2,1-3H3. The second-order valence-electron chi connectivity index (χ2n) is 5.65. The lowest BCUT2D eigenvalue weighted by atomic mass is 10.1. The Morgan fingerprint density at radius 1 is 1.52 bits per heavy atom. The van der Waals surface area contributed by atoms with E-state index in [0.29, 0.717) is 16.6 Å². The largest absolute Gasteiger partial charge is 0.382 e. The number of nitrogens with zero attached hydrogens (tertiary/aromatic N) is 3. The zero-order chi connectivity index (χ0) is 15.4. The average Bonchev–Trinajstić information content (AvgIpc) is 2.89. The summed E-state index contributed by atoms with van der Waals surface area (Å²) in [6, 6.07) is 0. The van der Waals surface area contributed by atoms with E-state index in [4.69, 9.17) is 5.73 Å². The van der Waals surface area contributed by atoms with Crippen molar-refractivity contribution < 1.29 is 4.79 Å². The van der Waals surface area contributed by atoms with Crippen LogP contribution >= 0.6 is 11.3 Å². The van der Waals surface area contributed by atoms with Crippen LogP contribution in [-0.2, 0) is 0 Å². The zero-order valence-electron chi connectivity index (χ0n) is 13.1. The van der Waals surface area contributed by atoms with Gasteiger partial charge in [0.2, 0.25) is 0 Å². The van der Waals surface area contributed by atoms with Crippen molar-refractivity contribution in [1.29, 1.82) is 0 Å². The van der Waals surface area contributed by atoms with Crippen molar-refractivity contribution in [2.24, 2.45) is 5.92 Å². The third-order valence-corrected chi connectivity index (χ3v) is 4.97. The van der Waals surface area contributed by atoms with Gasteiger partial charge in [-0.05, 0) is 5.92 Å². The SMILES string of the molecule is CCC(C)CN(C)C(=O)c1sc(N2CCNCC2)nc1N. The molecule has 0 spiro atoms. The van der Waals surface area contributed by atoms with E-state index in [1.807, 2.05) is 7.05 Å². The highest BCUT2D eigenvalue weighted by atomic mass is 32.1. The molecule has 0 radical (unpaired) electrons. The summed E-state index contributed by atoms with van der Waals surface area (Å²) < 4.78 is 0. The molecule has 1 atom stereocenters. The normalized spacial score (nSPS) is 16.8. The van der Waals surface area contributed by atoms with E-state index in [9.17, 15) is 4.79 Å². The smallest absolute Gasteiger partial charge is 0.267 e. The summed E-state index contributed by atoms with van der Waals surface area (Å²) in [7, 11) is 1.83. The van der Waals surface area contributed by atoms with Crippen LogP contribution in [0.5, 0.6) is 0 Å². The predicted octanol–water partition coefficient (Wildman–Crippen LogP) is 1.25. The second-order valence-corrected chi connectivity index (χ2v) is 6.62. The van der Waals surface area contributed by atoms with Crippen LogP contribution in [0.1, 0.15) is 29.9 Å². The molecule has 2 rings (SSSR count). The van der Waals surface area contributed by atoms with Gasteiger partial charge < -0.3 is 20.9 Å². The Labute approximate surface area is 130 Å². The Hall–Kier alpha value is -1.34. The highest BCUT2D eigenvalue weighted by Crippen LogP contribution is 2.29. The number of hydrogen-bond acceptors (Lipinski definition) is 6. The fourth-order valence-electron chi connectivity index (χ4n) is 2.32. The first-order valence-corrected chi connectivity index (χ1v) is 8.32. The van der Waals surface area contributed by atoms with Gasteiger partial charge in [0.1, 0.15) is 10.7 Å². The monoisotopic (exact) mass is 311 g/mol. The van der Waals surface area contributed by atoms with Crippen molar-refractivity contribution in [1.82, 2.24) is 15.2 Å². The first kappa shape index (κ1) is 16.0. The fraction of sp³-hybridized carbons (Fsp3) is 0.714. The minimum atomic E-state index is -0.0216. The van der Waals surface area contributed by atoms with Gasteiger partial charge >= 0.3 is 0 Å². The van der Waals surface area contributed by atoms with Crippen LogP contribution in [0.25, 0.3) is 0 Å². The highest BCUT2D eigenvalue weighted by molar-refractivity contribution is 7.18. The molecule has 0 aromatic carbocycles. The van der Waals surface area contributed by atoms with Crippen molar-refractivity contribution in [2.75, 3.05) is 50.4 Å². The second kappa shape index (κ2) is 7.09. The van der Waals surface area contributed by atoms with Gasteiger partial charge in [0.15, 0.2) is 5.13 Å². The van der Waals surface area contributed by atoms with Crippen LogP contribution in [0.15, 0.2) is 0 Å². The minimum Gasteiger partial charge on any atom is -0.382 e. The lowest BCUT2D eigenvalue weighted by molar-refractivity contribution is 0.0780. The Bertz CT molecular complexity index is 484. The maximum Gasteiger partial charge on any atom is 0.267 e. The maximum atomic E-state index is 12.5. The molecule has 3 N–H and O–H groups in total. The lowest BCUT2D eigenvalue weighted by Crippen LogP contribution is -2.43. The van der Waals surface area contributed by atoms with Gasteiger partial charge in [0.05, 0.1) is 0 Å². The quantitative estimate of drug-likeness (QED) is 0.856. The molecule has 1 saturated heterocycles. The first-order valence-electron chi connectivity index (χ1n) is 7.50. The van der Waals surface area contributed by atoms with Gasteiger partial charge in [-0.25, -0.2) is 4.98 Å². The number of nitrogen functional groups attached to an aromatic ring is 1. The molecular weight excluding hydrogens is 286 g/mol. The Balaban J connectivity index is 2.08. The third-order valence-electron chi connectivity index (χ3n) is 3.85. The van der Waals surface area contributed by atoms with Crippen molar-refractivity contribution in [3.05, 3.63) is 4.88 Å². The summed E-state index contributed by atoms with van der Waals surface area (Å²) in [6.07, 6.45) is 1.06. The number of aromatic nitrogens is 1. The molecule has 1 aliphatic heterocycles. The summed E-state index contributed by atoms with van der Waals surface area (Å²) in [5, 5.41) is 4.16. The Morgan fingerprint density at radius 3 is 2.81 bits per heavy atom. The number of nitrogens with one attached hydrogen (secondary N) is 1. The van der Waals surface area contributed by atoms with E-state index in [1.54, 1.807) is 4.90 Å². The number of carbonyl (C=O) groups is 1. The van der Waals surface area contributed by atoms with Crippen molar-refractivity contribution >= 4 is 28.2 Å². The van der Waals surface area contributed by atoms with Crippen LogP contribution in [0.3, 0.4) is 0 Å². The first-order chi connectivity index (χ1) is 10.0. The van der Waals surface area contributed by atoms with E-state index in [2.05, 4.69) is 29.0 Å². The van der Waals surface area contributed by atoms with Crippen LogP contribution < -0.4 is 16.0 Å². The van der Waals surface area contributed by atoms with Gasteiger partial charge in [-0.2, -0.15) is 0 Å². The average molecular weight is 311 g/mol. The third kappa shape index (κ3) is 3.85. The number of nitrogens with two attached hydrogens (primary N) is 1. The molecule has 1 unspecified atom stereocenters. The molecule has 0 bridgehead atoms. The summed E-state index contributed by atoms with van der Waals surface area (Å²) in [6.45, 7) is 8.72. The van der Waals surface area contributed by atoms with E-state index in [-0.39, 0.29) is 5.91 Å². The highest BCUT2D eigenvalue weighted by Gasteiger charge is 2.23. The number of thiazole rings is 1. The Kier molecular flexibility index (Phi) is 5.41. The molecule has 118 valence electrons. The molecule has 6 nitrogen and oxygen atoms in total. The topological polar surface area (TPSA) is 74.5 Å². The van der Waals surface area contributed by atoms with E-state index >= 15 is 0 Å². The molecule has 2 heterocycles. The van der Waals surface area contributed by atoms with Crippen LogP contribution in [0, 0.1) is 5.92 Å². The van der Waals surface area contributed by atoms with Crippen molar-refractivity contribution in [3.63, 3.8) is 0 Å². The summed E-state index contributed by atoms with van der Waals surface area (Å²) in [5.74, 6) is 0.821. The maximum absolute atomic E-state index is 12.5. The van der Waals surface area contributed by atoms with Gasteiger partial charge in [-0.1, -0.05) is 31.6 Å². The molecule has 1 aromatic heterocycles. The predicted molar refractivity (Wildman–Crippen MR) is 88.0 cm³/mol. The summed E-state index contributed by atoms with van der Waals surface area (Å²) >= 11 is 1.41. The number of rotatable bonds is 5. The van der Waals surface area contributed by atoms with E-state index in [1.165, 1.54) is 11.3 Å². The van der Waals surface area contributed by atoms with Crippen molar-refractivity contribution in [2.45, 2.75) is 20.3 Å². The molecule has 0 aliphatic carbocycles.